The second-order valence-electron chi connectivity index (χ2n) is 9.58. The van der Waals surface area contributed by atoms with Crippen molar-refractivity contribution < 1.29 is 23.8 Å². The number of fused-ring (bicyclic) bond motifs is 2. The summed E-state index contributed by atoms with van der Waals surface area (Å²) in [6, 6.07) is 26.1. The van der Waals surface area contributed by atoms with E-state index in [0.29, 0.717) is 49.3 Å². The molecule has 0 amide bonds. The van der Waals surface area contributed by atoms with Gasteiger partial charge in [-0.1, -0.05) is 74.0 Å². The molecule has 1 heterocycles. The third-order valence-electron chi connectivity index (χ3n) is 6.95. The Balaban J connectivity index is 1.47. The van der Waals surface area contributed by atoms with Gasteiger partial charge in [-0.15, -0.1) is 0 Å². The summed E-state index contributed by atoms with van der Waals surface area (Å²) < 4.78 is 28.2. The predicted molar refractivity (Wildman–Crippen MR) is 153 cm³/mol. The van der Waals surface area contributed by atoms with Gasteiger partial charge in [-0.25, -0.2) is 9.18 Å². The van der Waals surface area contributed by atoms with Gasteiger partial charge in [0.2, 0.25) is 0 Å². The molecule has 4 aromatic carbocycles. The fourth-order valence-electron chi connectivity index (χ4n) is 5.10. The van der Waals surface area contributed by atoms with E-state index in [-0.39, 0.29) is 5.69 Å². The average molecular weight is 526 g/mol. The van der Waals surface area contributed by atoms with Crippen molar-refractivity contribution in [1.29, 1.82) is 0 Å². The number of aromatic nitrogens is 1. The number of benzene rings is 4. The van der Waals surface area contributed by atoms with Crippen LogP contribution >= 0.6 is 0 Å². The quantitative estimate of drug-likeness (QED) is 0.167. The van der Waals surface area contributed by atoms with Crippen LogP contribution in [0.1, 0.15) is 42.2 Å². The highest BCUT2D eigenvalue weighted by Crippen LogP contribution is 2.38. The number of carboxylic acids is 1. The Bertz CT molecular complexity index is 1600. The number of aromatic carboxylic acids is 1. The van der Waals surface area contributed by atoms with Crippen LogP contribution < -0.4 is 4.74 Å². The first kappa shape index (κ1) is 26.4. The Morgan fingerprint density at radius 1 is 0.897 bits per heavy atom. The number of ether oxygens (including phenoxy) is 2. The second kappa shape index (κ2) is 12.1. The van der Waals surface area contributed by atoms with E-state index in [2.05, 4.69) is 6.92 Å². The van der Waals surface area contributed by atoms with Crippen LogP contribution in [0, 0.1) is 5.82 Å². The van der Waals surface area contributed by atoms with Crippen LogP contribution in [0.3, 0.4) is 0 Å². The fourth-order valence-corrected chi connectivity index (χ4v) is 5.10. The molecule has 0 radical (unpaired) electrons. The van der Waals surface area contributed by atoms with Crippen molar-refractivity contribution in [2.45, 2.75) is 39.3 Å². The van der Waals surface area contributed by atoms with Crippen molar-refractivity contribution in [1.82, 2.24) is 4.57 Å². The monoisotopic (exact) mass is 525 g/mol. The number of aryl methyl sites for hydroxylation is 1. The summed E-state index contributed by atoms with van der Waals surface area (Å²) in [4.78, 5) is 12.7. The van der Waals surface area contributed by atoms with Gasteiger partial charge in [0.1, 0.15) is 17.3 Å². The van der Waals surface area contributed by atoms with E-state index in [1.807, 2.05) is 66.7 Å². The van der Waals surface area contributed by atoms with Gasteiger partial charge in [0.15, 0.2) is 0 Å². The molecule has 0 saturated heterocycles. The average Bonchev–Trinajstić information content (AvgIpc) is 3.27. The zero-order valence-corrected chi connectivity index (χ0v) is 22.0. The Hall–Kier alpha value is -4.16. The first-order valence-electron chi connectivity index (χ1n) is 13.4. The Morgan fingerprint density at radius 2 is 1.69 bits per heavy atom. The molecule has 0 unspecified atom stereocenters. The molecule has 5 aromatic rings. The third kappa shape index (κ3) is 5.66. The number of hydrogen-bond donors (Lipinski definition) is 1. The molecule has 200 valence electrons. The maximum Gasteiger partial charge on any atom is 0.353 e. The standard InChI is InChI=1S/C33H32FNO4/c1-2-3-19-38-22-24-11-5-7-14-27(24)31-28-21-25(34)16-17-29(28)35(32(31)33(36)37)18-9-20-39-30-15-8-12-23-10-4-6-13-26(23)30/h4-8,10-17,21H,2-3,9,18-20,22H2,1H3,(H,36,37). The van der Waals surface area contributed by atoms with Crippen LogP contribution in [0.15, 0.2) is 84.9 Å². The lowest BCUT2D eigenvalue weighted by molar-refractivity contribution is 0.0686. The van der Waals surface area contributed by atoms with Crippen molar-refractivity contribution in [3.8, 4) is 16.9 Å². The van der Waals surface area contributed by atoms with Crippen LogP contribution in [0.4, 0.5) is 4.39 Å². The van der Waals surface area contributed by atoms with E-state index in [9.17, 15) is 14.3 Å². The van der Waals surface area contributed by atoms with Crippen LogP contribution in [0.25, 0.3) is 32.8 Å². The number of unbranched alkanes of at least 4 members (excludes halogenated alkanes) is 1. The highest BCUT2D eigenvalue weighted by molar-refractivity contribution is 6.08. The molecule has 0 bridgehead atoms. The first-order chi connectivity index (χ1) is 19.1. The highest BCUT2D eigenvalue weighted by atomic mass is 19.1. The molecule has 0 aliphatic rings. The van der Waals surface area contributed by atoms with Crippen LogP contribution in [0.2, 0.25) is 0 Å². The van der Waals surface area contributed by atoms with Crippen molar-refractivity contribution >= 4 is 27.6 Å². The maximum atomic E-state index is 14.5. The van der Waals surface area contributed by atoms with Crippen molar-refractivity contribution in [2.24, 2.45) is 0 Å². The molecule has 0 aliphatic heterocycles. The number of hydrogen-bond acceptors (Lipinski definition) is 3. The molecule has 0 atom stereocenters. The summed E-state index contributed by atoms with van der Waals surface area (Å²) >= 11 is 0. The van der Waals surface area contributed by atoms with Gasteiger partial charge < -0.3 is 19.1 Å². The molecule has 0 spiro atoms. The minimum Gasteiger partial charge on any atom is -0.493 e. The summed E-state index contributed by atoms with van der Waals surface area (Å²) in [7, 11) is 0. The second-order valence-corrected chi connectivity index (χ2v) is 9.58. The summed E-state index contributed by atoms with van der Waals surface area (Å²) in [6.07, 6.45) is 2.56. The van der Waals surface area contributed by atoms with E-state index < -0.39 is 11.8 Å². The molecular weight excluding hydrogens is 493 g/mol. The molecule has 0 saturated carbocycles. The molecule has 1 aromatic heterocycles. The first-order valence-corrected chi connectivity index (χ1v) is 13.4. The number of nitrogens with zero attached hydrogens (tertiary/aromatic N) is 1. The molecule has 0 aliphatic carbocycles. The van der Waals surface area contributed by atoms with Gasteiger partial charge in [-0.2, -0.15) is 0 Å². The lowest BCUT2D eigenvalue weighted by Gasteiger charge is -2.13. The van der Waals surface area contributed by atoms with Crippen molar-refractivity contribution in [2.75, 3.05) is 13.2 Å². The normalized spacial score (nSPS) is 11.3. The van der Waals surface area contributed by atoms with Crippen molar-refractivity contribution in [3.05, 3.63) is 102 Å². The molecule has 39 heavy (non-hydrogen) atoms. The molecule has 0 fully saturated rings. The summed E-state index contributed by atoms with van der Waals surface area (Å²) in [5.41, 5.74) is 2.95. The van der Waals surface area contributed by atoms with E-state index >= 15 is 0 Å². The van der Waals surface area contributed by atoms with E-state index in [4.69, 9.17) is 9.47 Å². The smallest absolute Gasteiger partial charge is 0.353 e. The fraction of sp³-hybridized carbons (Fsp3) is 0.242. The molecule has 5 rings (SSSR count). The summed E-state index contributed by atoms with van der Waals surface area (Å²) in [5, 5.41) is 13.1. The third-order valence-corrected chi connectivity index (χ3v) is 6.95. The predicted octanol–water partition coefficient (Wildman–Crippen LogP) is 8.08. The molecule has 5 nitrogen and oxygen atoms in total. The highest BCUT2D eigenvalue weighted by Gasteiger charge is 2.25. The van der Waals surface area contributed by atoms with E-state index in [1.165, 1.54) is 12.1 Å². The Kier molecular flexibility index (Phi) is 8.23. The molecular formula is C33H32FNO4. The zero-order chi connectivity index (χ0) is 27.2. The van der Waals surface area contributed by atoms with Gasteiger partial charge >= 0.3 is 5.97 Å². The van der Waals surface area contributed by atoms with Crippen molar-refractivity contribution in [3.63, 3.8) is 0 Å². The largest absolute Gasteiger partial charge is 0.493 e. The topological polar surface area (TPSA) is 60.7 Å². The number of carboxylic acid groups (broad SMARTS) is 1. The Labute approximate surface area is 227 Å². The van der Waals surface area contributed by atoms with Crippen LogP contribution in [-0.4, -0.2) is 28.9 Å². The molecule has 6 heteroatoms. The van der Waals surface area contributed by atoms with Gasteiger partial charge in [0, 0.05) is 35.0 Å². The minimum atomic E-state index is -1.06. The van der Waals surface area contributed by atoms with E-state index in [0.717, 1.165) is 40.5 Å². The number of rotatable bonds is 12. The zero-order valence-electron chi connectivity index (χ0n) is 22.0. The lowest BCUT2D eigenvalue weighted by atomic mass is 9.97. The SMILES string of the molecule is CCCCOCc1ccccc1-c1c(C(=O)O)n(CCCOc2cccc3ccccc23)c2ccc(F)cc12. The van der Waals surface area contributed by atoms with Gasteiger partial charge in [0.05, 0.1) is 13.2 Å². The van der Waals surface area contributed by atoms with E-state index in [1.54, 1.807) is 10.6 Å². The van der Waals surface area contributed by atoms with Gasteiger partial charge in [0.25, 0.3) is 0 Å². The number of halogens is 1. The maximum absolute atomic E-state index is 14.5. The summed E-state index contributed by atoms with van der Waals surface area (Å²) in [6.45, 7) is 3.90. The molecule has 1 N–H and O–H groups in total. The van der Waals surface area contributed by atoms with Crippen LogP contribution in [0.5, 0.6) is 5.75 Å². The Morgan fingerprint density at radius 3 is 2.54 bits per heavy atom. The minimum absolute atomic E-state index is 0.141. The number of carbonyl (C=O) groups is 1. The van der Waals surface area contributed by atoms with Gasteiger partial charge in [-0.05, 0) is 53.6 Å². The summed E-state index contributed by atoms with van der Waals surface area (Å²) in [5.74, 6) is -0.671. The van der Waals surface area contributed by atoms with Crippen LogP contribution in [-0.2, 0) is 17.9 Å². The lowest BCUT2D eigenvalue weighted by Crippen LogP contribution is -2.12. The van der Waals surface area contributed by atoms with Gasteiger partial charge in [-0.3, -0.25) is 0 Å².